The lowest BCUT2D eigenvalue weighted by atomic mass is 9.88. The quantitative estimate of drug-likeness (QED) is 0.131. The van der Waals surface area contributed by atoms with Crippen molar-refractivity contribution in [1.29, 1.82) is 5.26 Å². The van der Waals surface area contributed by atoms with Crippen LogP contribution >= 0.6 is 23.2 Å². The third kappa shape index (κ3) is 7.25. The van der Waals surface area contributed by atoms with Crippen molar-refractivity contribution in [2.24, 2.45) is 5.92 Å². The first-order chi connectivity index (χ1) is 31.3. The Labute approximate surface area is 387 Å². The molecule has 2 aromatic heterocycles. The molecule has 5 aromatic rings. The molecule has 3 saturated heterocycles. The molecular weight excluding hydrogens is 888 g/mol. The van der Waals surface area contributed by atoms with E-state index in [-0.39, 0.29) is 23.6 Å². The van der Waals surface area contributed by atoms with E-state index < -0.39 is 26.6 Å². The molecule has 4 fully saturated rings. The molecule has 65 heavy (non-hydrogen) atoms. The molecule has 16 heteroatoms. The molecule has 11 rings (SSSR count). The lowest BCUT2D eigenvalue weighted by Gasteiger charge is -2.48. The average molecular weight is 936 g/mol. The SMILES string of the molecule is COc1nc(O[C@H]2CCc3c(-c4cccc(-c5cc6cc7c(c(C#N)c6o5)CC[C@H]7N5CC[C@@H](C(=O)NS(=O)(=O)C6(C)CC6)C5)c4Cl)cccc32)c(Cl)cc1CN1CC2(CCC(=O)N2)C1. The van der Waals surface area contributed by atoms with E-state index in [1.807, 2.05) is 36.4 Å². The normalized spacial score (nSPS) is 22.9. The molecule has 0 unspecified atom stereocenters. The summed E-state index contributed by atoms with van der Waals surface area (Å²) in [4.78, 5) is 34.2. The first-order valence-corrected chi connectivity index (χ1v) is 24.6. The number of hydrogen-bond donors (Lipinski definition) is 2. The van der Waals surface area contributed by atoms with E-state index in [0.29, 0.717) is 102 Å². The average Bonchev–Trinajstić information content (AvgIpc) is 3.88. The highest BCUT2D eigenvalue weighted by atomic mass is 35.5. The van der Waals surface area contributed by atoms with Gasteiger partial charge in [0.15, 0.2) is 5.58 Å². The molecule has 336 valence electrons. The molecule has 2 amide bonds. The highest BCUT2D eigenvalue weighted by molar-refractivity contribution is 7.91. The van der Waals surface area contributed by atoms with Gasteiger partial charge in [0.2, 0.25) is 33.6 Å². The molecule has 3 aliphatic carbocycles. The van der Waals surface area contributed by atoms with E-state index >= 15 is 0 Å². The molecule has 3 atom stereocenters. The number of methoxy groups -OCH3 is 1. The van der Waals surface area contributed by atoms with Gasteiger partial charge in [-0.25, -0.2) is 8.42 Å². The lowest BCUT2D eigenvalue weighted by molar-refractivity contribution is -0.123. The Morgan fingerprint density at radius 1 is 0.985 bits per heavy atom. The number of ether oxygens (including phenoxy) is 2. The number of furan rings is 1. The van der Waals surface area contributed by atoms with Crippen LogP contribution in [0.15, 0.2) is 59.0 Å². The number of sulfonamides is 1. The Balaban J connectivity index is 0.821. The van der Waals surface area contributed by atoms with Crippen LogP contribution in [-0.2, 0) is 39.0 Å². The number of fused-ring (bicyclic) bond motifs is 3. The number of benzene rings is 3. The van der Waals surface area contributed by atoms with E-state index in [0.717, 1.165) is 76.7 Å². The first-order valence-electron chi connectivity index (χ1n) is 22.4. The molecule has 3 aromatic carbocycles. The minimum absolute atomic E-state index is 0.00411. The van der Waals surface area contributed by atoms with Gasteiger partial charge in [0.1, 0.15) is 23.0 Å². The maximum absolute atomic E-state index is 13.1. The number of carbonyl (C=O) groups excluding carboxylic acids is 2. The van der Waals surface area contributed by atoms with Crippen LogP contribution < -0.4 is 19.5 Å². The molecule has 1 spiro atoms. The second-order valence-corrected chi connectivity index (χ2v) is 22.0. The van der Waals surface area contributed by atoms with Crippen molar-refractivity contribution in [3.05, 3.63) is 98.0 Å². The predicted octanol–water partition coefficient (Wildman–Crippen LogP) is 8.19. The Bertz CT molecular complexity index is 2990. The van der Waals surface area contributed by atoms with Gasteiger partial charge in [-0.2, -0.15) is 10.2 Å². The van der Waals surface area contributed by atoms with E-state index in [4.69, 9.17) is 42.1 Å². The van der Waals surface area contributed by atoms with Gasteiger partial charge >= 0.3 is 0 Å². The zero-order chi connectivity index (χ0) is 45.0. The maximum Gasteiger partial charge on any atom is 0.240 e. The van der Waals surface area contributed by atoms with Gasteiger partial charge in [-0.3, -0.25) is 24.1 Å². The standard InChI is InChI=1S/C49H48Cl2N6O7S/c1-48(16-17-48)65(60,61)55-45(59)27-14-18-57(24-27)39-11-9-32-36(39)19-28-21-41(63-44(28)37(32)22-52)35-8-4-7-34(43(35)51)30-5-3-6-33-31(30)10-12-40(33)64-47-38(50)20-29(46(53-47)62-2)23-56-25-49(26-56)15-13-42(58)54-49/h3-8,19-21,27,39-40H,9-18,23-26H2,1-2H3,(H,54,58)(H,55,59)/t27-,39-,40+/m1/s1. The number of nitrogens with zero attached hydrogens (tertiary/aromatic N) is 4. The highest BCUT2D eigenvalue weighted by Gasteiger charge is 2.52. The number of pyridine rings is 1. The van der Waals surface area contributed by atoms with Crippen LogP contribution in [0.3, 0.4) is 0 Å². The number of amides is 2. The van der Waals surface area contributed by atoms with Gasteiger partial charge in [-0.05, 0) is 117 Å². The molecule has 1 saturated carbocycles. The van der Waals surface area contributed by atoms with Crippen molar-refractivity contribution < 1.29 is 31.9 Å². The first kappa shape index (κ1) is 42.5. The number of nitriles is 1. The van der Waals surface area contributed by atoms with Crippen LogP contribution in [-0.4, -0.2) is 78.6 Å². The van der Waals surface area contributed by atoms with Crippen LogP contribution in [0.5, 0.6) is 11.8 Å². The Morgan fingerprint density at radius 2 is 1.75 bits per heavy atom. The fourth-order valence-corrected chi connectivity index (χ4v) is 12.9. The fraction of sp³-hybridized carbons (Fsp3) is 0.429. The smallest absolute Gasteiger partial charge is 0.240 e. The van der Waals surface area contributed by atoms with Crippen LogP contribution in [0, 0.1) is 17.2 Å². The second kappa shape index (κ2) is 15.7. The zero-order valence-corrected chi connectivity index (χ0v) is 38.5. The largest absolute Gasteiger partial charge is 0.481 e. The monoisotopic (exact) mass is 934 g/mol. The number of halogens is 2. The van der Waals surface area contributed by atoms with Gasteiger partial charge in [0, 0.05) is 60.7 Å². The van der Waals surface area contributed by atoms with E-state index in [9.17, 15) is 23.3 Å². The highest BCUT2D eigenvalue weighted by Crippen LogP contribution is 2.48. The summed E-state index contributed by atoms with van der Waals surface area (Å²) in [7, 11) is -2.12. The summed E-state index contributed by atoms with van der Waals surface area (Å²) in [5.74, 6) is 0.571. The fourth-order valence-electron chi connectivity index (χ4n) is 11.0. The lowest BCUT2D eigenvalue weighted by Crippen LogP contribution is -2.66. The Morgan fingerprint density at radius 3 is 2.51 bits per heavy atom. The molecule has 3 aliphatic heterocycles. The maximum atomic E-state index is 13.1. The minimum Gasteiger partial charge on any atom is -0.481 e. The van der Waals surface area contributed by atoms with Gasteiger partial charge in [-0.15, -0.1) is 0 Å². The number of aromatic nitrogens is 1. The molecule has 2 N–H and O–H groups in total. The molecule has 0 radical (unpaired) electrons. The van der Waals surface area contributed by atoms with Crippen LogP contribution in [0.4, 0.5) is 0 Å². The predicted molar refractivity (Wildman–Crippen MR) is 245 cm³/mol. The van der Waals surface area contributed by atoms with Crippen LogP contribution in [0.2, 0.25) is 10.0 Å². The van der Waals surface area contributed by atoms with Crippen molar-refractivity contribution in [3.8, 4) is 40.3 Å². The Hall–Kier alpha value is -5.17. The van der Waals surface area contributed by atoms with E-state index in [1.165, 1.54) is 0 Å². The molecule has 13 nitrogen and oxygen atoms in total. The number of carbonyl (C=O) groups is 2. The van der Waals surface area contributed by atoms with Crippen molar-refractivity contribution >= 4 is 56.0 Å². The summed E-state index contributed by atoms with van der Waals surface area (Å²) in [5.41, 5.74) is 8.46. The topological polar surface area (TPSA) is 167 Å². The number of hydrogen-bond acceptors (Lipinski definition) is 11. The molecule has 6 aliphatic rings. The van der Waals surface area contributed by atoms with E-state index in [2.05, 4.69) is 44.1 Å². The van der Waals surface area contributed by atoms with Gasteiger partial charge < -0.3 is 19.2 Å². The summed E-state index contributed by atoms with van der Waals surface area (Å²) in [6.07, 6.45) is 5.78. The summed E-state index contributed by atoms with van der Waals surface area (Å²) in [6.45, 7) is 4.94. The number of rotatable bonds is 11. The van der Waals surface area contributed by atoms with Crippen LogP contribution in [0.1, 0.15) is 97.4 Å². The third-order valence-electron chi connectivity index (χ3n) is 14.8. The zero-order valence-electron chi connectivity index (χ0n) is 36.1. The van der Waals surface area contributed by atoms with Crippen molar-refractivity contribution in [1.82, 2.24) is 24.8 Å². The summed E-state index contributed by atoms with van der Waals surface area (Å²) < 4.78 is 45.9. The van der Waals surface area contributed by atoms with E-state index in [1.54, 1.807) is 14.0 Å². The van der Waals surface area contributed by atoms with Gasteiger partial charge in [0.25, 0.3) is 0 Å². The summed E-state index contributed by atoms with van der Waals surface area (Å²) >= 11 is 14.2. The molecular formula is C49H48Cl2N6O7S. The summed E-state index contributed by atoms with van der Waals surface area (Å²) in [6, 6.07) is 20.4. The van der Waals surface area contributed by atoms with Crippen molar-refractivity contribution in [2.45, 2.75) is 93.7 Å². The third-order valence-corrected chi connectivity index (χ3v) is 17.7. The second-order valence-electron chi connectivity index (χ2n) is 19.0. The molecule has 5 heterocycles. The van der Waals surface area contributed by atoms with Gasteiger partial charge in [0.05, 0.1) is 33.9 Å². The summed E-state index contributed by atoms with van der Waals surface area (Å²) in [5, 5.41) is 15.4. The minimum atomic E-state index is -3.71. The van der Waals surface area contributed by atoms with Crippen LogP contribution in [0.25, 0.3) is 33.4 Å². The Kier molecular flexibility index (Phi) is 10.3. The van der Waals surface area contributed by atoms with Crippen molar-refractivity contribution in [3.63, 3.8) is 0 Å². The number of nitrogens with one attached hydrogen (secondary N) is 2. The van der Waals surface area contributed by atoms with Gasteiger partial charge in [-0.1, -0.05) is 53.5 Å². The molecule has 0 bridgehead atoms. The number of likely N-dealkylation sites (tertiary alicyclic amines) is 2. The van der Waals surface area contributed by atoms with Crippen molar-refractivity contribution in [2.75, 3.05) is 33.3 Å².